The molecule has 0 saturated carbocycles. The van der Waals surface area contributed by atoms with E-state index in [4.69, 9.17) is 16.1 Å². The molecule has 4 rings (SSSR count). The van der Waals surface area contributed by atoms with Crippen LogP contribution >= 0.6 is 11.6 Å². The number of rotatable bonds is 3. The lowest BCUT2D eigenvalue weighted by Crippen LogP contribution is -2.48. The average Bonchev–Trinajstić information content (AvgIpc) is 3.19. The summed E-state index contributed by atoms with van der Waals surface area (Å²) in [5.41, 5.74) is 2.71. The van der Waals surface area contributed by atoms with Crippen LogP contribution in [0.15, 0.2) is 53.1 Å². The van der Waals surface area contributed by atoms with Gasteiger partial charge in [0, 0.05) is 42.3 Å². The number of aromatic nitrogens is 2. The minimum absolute atomic E-state index is 0.0574. The Kier molecular flexibility index (Phi) is 4.81. The predicted molar refractivity (Wildman–Crippen MR) is 104 cm³/mol. The number of benzene rings is 2. The van der Waals surface area contributed by atoms with E-state index in [1.165, 1.54) is 0 Å². The molecule has 0 N–H and O–H groups in total. The quantitative estimate of drug-likeness (QED) is 0.691. The van der Waals surface area contributed by atoms with Crippen LogP contribution in [0.4, 0.5) is 6.01 Å². The molecule has 0 bridgehead atoms. The van der Waals surface area contributed by atoms with Crippen molar-refractivity contribution in [1.82, 2.24) is 15.0 Å². The summed E-state index contributed by atoms with van der Waals surface area (Å²) in [5.74, 6) is 0.585. The number of aryl methyl sites for hydroxylation is 1. The van der Waals surface area contributed by atoms with E-state index in [0.717, 1.165) is 16.7 Å². The van der Waals surface area contributed by atoms with Crippen LogP contribution < -0.4 is 4.90 Å². The van der Waals surface area contributed by atoms with Gasteiger partial charge in [-0.1, -0.05) is 34.5 Å². The van der Waals surface area contributed by atoms with E-state index in [1.807, 2.05) is 53.1 Å². The molecule has 2 aromatic carbocycles. The zero-order valence-corrected chi connectivity index (χ0v) is 15.7. The normalized spacial score (nSPS) is 14.4. The first kappa shape index (κ1) is 17.5. The highest BCUT2D eigenvalue weighted by Gasteiger charge is 2.25. The number of anilines is 1. The van der Waals surface area contributed by atoms with Gasteiger partial charge in [0.15, 0.2) is 0 Å². The molecule has 0 radical (unpaired) electrons. The van der Waals surface area contributed by atoms with Gasteiger partial charge in [-0.2, -0.15) is 4.98 Å². The number of halogens is 1. The highest BCUT2D eigenvalue weighted by Crippen LogP contribution is 2.22. The molecule has 3 aromatic rings. The van der Waals surface area contributed by atoms with Gasteiger partial charge < -0.3 is 14.3 Å². The topological polar surface area (TPSA) is 62.5 Å². The van der Waals surface area contributed by atoms with E-state index in [0.29, 0.717) is 43.0 Å². The van der Waals surface area contributed by atoms with Crippen molar-refractivity contribution < 1.29 is 9.32 Å². The monoisotopic (exact) mass is 382 g/mol. The third-order valence-electron chi connectivity index (χ3n) is 4.65. The van der Waals surface area contributed by atoms with Gasteiger partial charge in [-0.15, -0.1) is 0 Å². The van der Waals surface area contributed by atoms with Crippen LogP contribution in [-0.4, -0.2) is 47.1 Å². The number of nitrogens with zero attached hydrogens (tertiary/aromatic N) is 4. The van der Waals surface area contributed by atoms with Crippen molar-refractivity contribution in [3.05, 3.63) is 64.7 Å². The Morgan fingerprint density at radius 1 is 1.00 bits per heavy atom. The predicted octanol–water partition coefficient (Wildman–Crippen LogP) is 3.66. The smallest absolute Gasteiger partial charge is 0.324 e. The summed E-state index contributed by atoms with van der Waals surface area (Å²) in [6.07, 6.45) is 0. The minimum Gasteiger partial charge on any atom is -0.335 e. The lowest BCUT2D eigenvalue weighted by Gasteiger charge is -2.33. The molecule has 6 nitrogen and oxygen atoms in total. The van der Waals surface area contributed by atoms with Gasteiger partial charge >= 0.3 is 6.01 Å². The molecule has 2 heterocycles. The SMILES string of the molecule is Cc1ccc(C(=O)N2CCN(c3nc(-c4ccc(Cl)cc4)no3)CC2)cc1. The highest BCUT2D eigenvalue weighted by atomic mass is 35.5. The van der Waals surface area contributed by atoms with E-state index in [9.17, 15) is 4.79 Å². The van der Waals surface area contributed by atoms with Crippen LogP contribution in [0.2, 0.25) is 5.02 Å². The van der Waals surface area contributed by atoms with Crippen molar-refractivity contribution >= 4 is 23.5 Å². The van der Waals surface area contributed by atoms with Crippen molar-refractivity contribution in [3.63, 3.8) is 0 Å². The first-order valence-electron chi connectivity index (χ1n) is 8.81. The van der Waals surface area contributed by atoms with E-state index >= 15 is 0 Å². The summed E-state index contributed by atoms with van der Waals surface area (Å²) < 4.78 is 5.41. The van der Waals surface area contributed by atoms with E-state index in [2.05, 4.69) is 10.1 Å². The van der Waals surface area contributed by atoms with Crippen molar-refractivity contribution in [2.45, 2.75) is 6.92 Å². The fourth-order valence-corrected chi connectivity index (χ4v) is 3.17. The standard InChI is InChI=1S/C20H19ClN4O2/c1-14-2-4-16(5-3-14)19(26)24-10-12-25(13-11-24)20-22-18(23-27-20)15-6-8-17(21)9-7-15/h2-9H,10-13H2,1H3. The van der Waals surface area contributed by atoms with Gasteiger partial charge in [0.2, 0.25) is 5.82 Å². The lowest BCUT2D eigenvalue weighted by atomic mass is 10.1. The number of hydrogen-bond donors (Lipinski definition) is 0. The Labute approximate surface area is 162 Å². The number of amides is 1. The van der Waals surface area contributed by atoms with Gasteiger partial charge in [-0.3, -0.25) is 4.79 Å². The van der Waals surface area contributed by atoms with Crippen molar-refractivity contribution in [3.8, 4) is 11.4 Å². The Bertz CT molecular complexity index is 929. The number of piperazine rings is 1. The summed E-state index contributed by atoms with van der Waals surface area (Å²) in [7, 11) is 0. The molecule has 138 valence electrons. The fraction of sp³-hybridized carbons (Fsp3) is 0.250. The van der Waals surface area contributed by atoms with Gasteiger partial charge in [-0.25, -0.2) is 0 Å². The maximum absolute atomic E-state index is 12.6. The third kappa shape index (κ3) is 3.80. The number of hydrogen-bond acceptors (Lipinski definition) is 5. The second-order valence-corrected chi connectivity index (χ2v) is 6.99. The Hall–Kier alpha value is -2.86. The molecule has 1 fully saturated rings. The first-order chi connectivity index (χ1) is 13.1. The van der Waals surface area contributed by atoms with Crippen LogP contribution in [0.1, 0.15) is 15.9 Å². The highest BCUT2D eigenvalue weighted by molar-refractivity contribution is 6.30. The molecule has 7 heteroatoms. The molecule has 0 spiro atoms. The zero-order chi connectivity index (χ0) is 18.8. The van der Waals surface area contributed by atoms with Crippen LogP contribution in [0, 0.1) is 6.92 Å². The van der Waals surface area contributed by atoms with Crippen molar-refractivity contribution in [2.24, 2.45) is 0 Å². The molecule has 0 aliphatic carbocycles. The summed E-state index contributed by atoms with van der Waals surface area (Å²) in [6, 6.07) is 15.4. The fourth-order valence-electron chi connectivity index (χ4n) is 3.04. The van der Waals surface area contributed by atoms with E-state index in [-0.39, 0.29) is 5.91 Å². The van der Waals surface area contributed by atoms with Gasteiger partial charge in [0.05, 0.1) is 0 Å². The van der Waals surface area contributed by atoms with Crippen molar-refractivity contribution in [1.29, 1.82) is 0 Å². The van der Waals surface area contributed by atoms with Crippen LogP contribution in [0.25, 0.3) is 11.4 Å². The lowest BCUT2D eigenvalue weighted by molar-refractivity contribution is 0.0744. The number of carbonyl (C=O) groups excluding carboxylic acids is 1. The van der Waals surface area contributed by atoms with E-state index in [1.54, 1.807) is 12.1 Å². The molecule has 0 atom stereocenters. The second kappa shape index (κ2) is 7.40. The summed E-state index contributed by atoms with van der Waals surface area (Å²) >= 11 is 5.91. The molecule has 27 heavy (non-hydrogen) atoms. The molecule has 1 aliphatic heterocycles. The largest absolute Gasteiger partial charge is 0.335 e. The van der Waals surface area contributed by atoms with E-state index < -0.39 is 0 Å². The molecule has 1 amide bonds. The van der Waals surface area contributed by atoms with Crippen molar-refractivity contribution in [2.75, 3.05) is 31.1 Å². The average molecular weight is 383 g/mol. The maximum Gasteiger partial charge on any atom is 0.324 e. The van der Waals surface area contributed by atoms with Gasteiger partial charge in [0.1, 0.15) is 0 Å². The summed E-state index contributed by atoms with van der Waals surface area (Å²) in [4.78, 5) is 21.0. The molecular formula is C20H19ClN4O2. The summed E-state index contributed by atoms with van der Waals surface area (Å²) in [5, 5.41) is 4.71. The zero-order valence-electron chi connectivity index (χ0n) is 14.9. The molecule has 0 unspecified atom stereocenters. The van der Waals surface area contributed by atoms with Crippen LogP contribution in [-0.2, 0) is 0 Å². The van der Waals surface area contributed by atoms with Crippen LogP contribution in [0.3, 0.4) is 0 Å². The maximum atomic E-state index is 12.6. The number of carbonyl (C=O) groups is 1. The molecule has 1 aliphatic rings. The molecular weight excluding hydrogens is 364 g/mol. The Morgan fingerprint density at radius 3 is 2.33 bits per heavy atom. The molecule has 1 aromatic heterocycles. The summed E-state index contributed by atoms with van der Waals surface area (Å²) in [6.45, 7) is 4.55. The first-order valence-corrected chi connectivity index (χ1v) is 9.18. The Balaban J connectivity index is 1.40. The van der Waals surface area contributed by atoms with Crippen LogP contribution in [0.5, 0.6) is 0 Å². The second-order valence-electron chi connectivity index (χ2n) is 6.55. The minimum atomic E-state index is 0.0574. The van der Waals surface area contributed by atoms with Gasteiger partial charge in [-0.05, 0) is 43.3 Å². The van der Waals surface area contributed by atoms with Gasteiger partial charge in [0.25, 0.3) is 5.91 Å². The molecule has 1 saturated heterocycles. The third-order valence-corrected chi connectivity index (χ3v) is 4.91. The Morgan fingerprint density at radius 2 is 1.67 bits per heavy atom.